The summed E-state index contributed by atoms with van der Waals surface area (Å²) in [7, 11) is 0. The number of nitrogens with one attached hydrogen (secondary N) is 1. The Morgan fingerprint density at radius 1 is 1.20 bits per heavy atom. The molecular weight excluding hydrogens is 386 g/mol. The van der Waals surface area contributed by atoms with Crippen molar-refractivity contribution >= 4 is 34.0 Å². The number of hydrogen-bond donors (Lipinski definition) is 2. The van der Waals surface area contributed by atoms with Crippen LogP contribution in [0.25, 0.3) is 10.9 Å². The minimum absolute atomic E-state index is 0.148. The standard InChI is InChI=1S/C21H25N5O4/c1-12(28)20-16-7-17(24-15-8-22-13(2)23-9-15)14(11-27)6-18(16)26(25-20)10-19(29)30-21(3,4)5/h6-9,24,27H,10-11H2,1-5H3. The van der Waals surface area contributed by atoms with Crippen molar-refractivity contribution in [2.75, 3.05) is 5.32 Å². The Labute approximate surface area is 174 Å². The lowest BCUT2D eigenvalue weighted by atomic mass is 10.1. The first-order chi connectivity index (χ1) is 14.1. The summed E-state index contributed by atoms with van der Waals surface area (Å²) in [5, 5.41) is 17.9. The number of ether oxygens (including phenoxy) is 1. The second-order valence-electron chi connectivity index (χ2n) is 7.98. The van der Waals surface area contributed by atoms with Gasteiger partial charge in [0.25, 0.3) is 0 Å². The van der Waals surface area contributed by atoms with Gasteiger partial charge in [-0.05, 0) is 39.8 Å². The normalized spacial score (nSPS) is 11.5. The molecule has 0 aliphatic carbocycles. The van der Waals surface area contributed by atoms with Gasteiger partial charge in [-0.2, -0.15) is 5.10 Å². The van der Waals surface area contributed by atoms with Crippen LogP contribution in [0.3, 0.4) is 0 Å². The van der Waals surface area contributed by atoms with E-state index in [4.69, 9.17) is 4.74 Å². The SMILES string of the molecule is CC(=O)c1nn(CC(=O)OC(C)(C)C)c2cc(CO)c(Nc3cnc(C)nc3)cc12. The summed E-state index contributed by atoms with van der Waals surface area (Å²) in [5.74, 6) is -0.0588. The zero-order valence-corrected chi connectivity index (χ0v) is 17.7. The van der Waals surface area contributed by atoms with Gasteiger partial charge in [0.15, 0.2) is 5.78 Å². The molecule has 2 N–H and O–H groups in total. The van der Waals surface area contributed by atoms with Gasteiger partial charge in [0.1, 0.15) is 23.7 Å². The van der Waals surface area contributed by atoms with Gasteiger partial charge in [-0.25, -0.2) is 9.97 Å². The fraction of sp³-hybridized carbons (Fsp3) is 0.381. The average Bonchev–Trinajstić information content (AvgIpc) is 2.99. The highest BCUT2D eigenvalue weighted by atomic mass is 16.6. The largest absolute Gasteiger partial charge is 0.459 e. The van der Waals surface area contributed by atoms with Gasteiger partial charge in [0.2, 0.25) is 0 Å². The molecule has 158 valence electrons. The number of fused-ring (bicyclic) bond motifs is 1. The molecule has 0 unspecified atom stereocenters. The van der Waals surface area contributed by atoms with Crippen LogP contribution < -0.4 is 5.32 Å². The van der Waals surface area contributed by atoms with E-state index in [1.54, 1.807) is 52.2 Å². The molecule has 1 aromatic carbocycles. The summed E-state index contributed by atoms with van der Waals surface area (Å²) in [4.78, 5) is 32.8. The molecule has 30 heavy (non-hydrogen) atoms. The van der Waals surface area contributed by atoms with Crippen LogP contribution in [0.15, 0.2) is 24.5 Å². The number of nitrogens with zero attached hydrogens (tertiary/aromatic N) is 4. The smallest absolute Gasteiger partial charge is 0.328 e. The summed E-state index contributed by atoms with van der Waals surface area (Å²) in [6, 6.07) is 3.44. The Morgan fingerprint density at radius 3 is 2.43 bits per heavy atom. The molecule has 0 bridgehead atoms. The maximum Gasteiger partial charge on any atom is 0.328 e. The number of hydrogen-bond acceptors (Lipinski definition) is 8. The molecule has 0 aliphatic rings. The highest BCUT2D eigenvalue weighted by Gasteiger charge is 2.21. The van der Waals surface area contributed by atoms with Crippen LogP contribution in [0.5, 0.6) is 0 Å². The fourth-order valence-electron chi connectivity index (χ4n) is 3.00. The lowest BCUT2D eigenvalue weighted by molar-refractivity contribution is -0.155. The molecule has 0 radical (unpaired) electrons. The van der Waals surface area contributed by atoms with Crippen LogP contribution in [-0.2, 0) is 22.7 Å². The lowest BCUT2D eigenvalue weighted by Crippen LogP contribution is -2.26. The number of esters is 1. The first kappa shape index (κ1) is 21.4. The van der Waals surface area contributed by atoms with E-state index in [-0.39, 0.29) is 24.6 Å². The van der Waals surface area contributed by atoms with Crippen molar-refractivity contribution in [3.63, 3.8) is 0 Å². The second-order valence-corrected chi connectivity index (χ2v) is 7.98. The second kappa shape index (κ2) is 8.19. The Balaban J connectivity index is 2.05. The molecule has 0 saturated heterocycles. The molecule has 0 amide bonds. The van der Waals surface area contributed by atoms with Crippen molar-refractivity contribution in [1.29, 1.82) is 0 Å². The topological polar surface area (TPSA) is 119 Å². The highest BCUT2D eigenvalue weighted by Crippen LogP contribution is 2.29. The summed E-state index contributed by atoms with van der Waals surface area (Å²) >= 11 is 0. The van der Waals surface area contributed by atoms with Crippen LogP contribution in [0, 0.1) is 6.92 Å². The maximum absolute atomic E-state index is 12.3. The summed E-state index contributed by atoms with van der Waals surface area (Å²) in [6.07, 6.45) is 3.26. The van der Waals surface area contributed by atoms with E-state index >= 15 is 0 Å². The molecule has 2 aromatic heterocycles. The zero-order valence-electron chi connectivity index (χ0n) is 17.7. The number of aromatic nitrogens is 4. The van der Waals surface area contributed by atoms with Crippen LogP contribution in [0.4, 0.5) is 11.4 Å². The third-order valence-corrected chi connectivity index (χ3v) is 4.24. The van der Waals surface area contributed by atoms with Crippen LogP contribution in [0.2, 0.25) is 0 Å². The number of anilines is 2. The number of aryl methyl sites for hydroxylation is 1. The van der Waals surface area contributed by atoms with Crippen molar-refractivity contribution in [2.24, 2.45) is 0 Å². The van der Waals surface area contributed by atoms with Crippen molar-refractivity contribution in [3.8, 4) is 0 Å². The average molecular weight is 411 g/mol. The number of carbonyl (C=O) groups is 2. The van der Waals surface area contributed by atoms with Gasteiger partial charge in [0.05, 0.1) is 30.2 Å². The fourth-order valence-corrected chi connectivity index (χ4v) is 3.00. The monoisotopic (exact) mass is 411 g/mol. The summed E-state index contributed by atoms with van der Waals surface area (Å²) < 4.78 is 6.80. The van der Waals surface area contributed by atoms with Gasteiger partial charge in [-0.15, -0.1) is 0 Å². The third-order valence-electron chi connectivity index (χ3n) is 4.24. The van der Waals surface area contributed by atoms with E-state index in [9.17, 15) is 14.7 Å². The Bertz CT molecular complexity index is 1100. The molecule has 9 nitrogen and oxygen atoms in total. The molecule has 0 aliphatic heterocycles. The minimum atomic E-state index is -0.632. The molecule has 2 heterocycles. The summed E-state index contributed by atoms with van der Waals surface area (Å²) in [5.41, 5.74) is 1.97. The lowest BCUT2D eigenvalue weighted by Gasteiger charge is -2.19. The number of Topliss-reactive ketones (excluding diaryl/α,β-unsaturated/α-hetero) is 1. The molecular formula is C21H25N5O4. The first-order valence-corrected chi connectivity index (χ1v) is 9.50. The van der Waals surface area contributed by atoms with Crippen LogP contribution >= 0.6 is 0 Å². The van der Waals surface area contributed by atoms with Gasteiger partial charge < -0.3 is 15.2 Å². The number of aliphatic hydroxyl groups is 1. The minimum Gasteiger partial charge on any atom is -0.459 e. The Morgan fingerprint density at radius 2 is 1.87 bits per heavy atom. The maximum atomic E-state index is 12.3. The van der Waals surface area contributed by atoms with Crippen molar-refractivity contribution < 1.29 is 19.4 Å². The van der Waals surface area contributed by atoms with Gasteiger partial charge in [0, 0.05) is 23.6 Å². The van der Waals surface area contributed by atoms with Gasteiger partial charge in [-0.1, -0.05) is 0 Å². The number of aliphatic hydroxyl groups excluding tert-OH is 1. The third kappa shape index (κ3) is 4.80. The predicted octanol–water partition coefficient (Wildman–Crippen LogP) is 2.91. The van der Waals surface area contributed by atoms with Crippen molar-refractivity contribution in [3.05, 3.63) is 41.6 Å². The van der Waals surface area contributed by atoms with E-state index in [2.05, 4.69) is 20.4 Å². The molecule has 9 heteroatoms. The van der Waals surface area contributed by atoms with Gasteiger partial charge >= 0.3 is 5.97 Å². The van der Waals surface area contributed by atoms with Gasteiger partial charge in [-0.3, -0.25) is 14.3 Å². The molecule has 0 saturated carbocycles. The number of rotatable bonds is 6. The van der Waals surface area contributed by atoms with E-state index in [1.165, 1.54) is 11.6 Å². The van der Waals surface area contributed by atoms with Crippen molar-refractivity contribution in [2.45, 2.75) is 53.4 Å². The molecule has 0 fully saturated rings. The number of ketones is 1. The Hall–Kier alpha value is -3.33. The zero-order chi connectivity index (χ0) is 22.1. The van der Waals surface area contributed by atoms with Crippen LogP contribution in [-0.4, -0.2) is 42.2 Å². The highest BCUT2D eigenvalue weighted by molar-refractivity contribution is 6.06. The molecule has 0 atom stereocenters. The Kier molecular flexibility index (Phi) is 5.84. The predicted molar refractivity (Wildman–Crippen MR) is 112 cm³/mol. The van der Waals surface area contributed by atoms with E-state index in [1.807, 2.05) is 0 Å². The molecule has 0 spiro atoms. The number of benzene rings is 1. The molecule has 3 rings (SSSR count). The van der Waals surface area contributed by atoms with Crippen LogP contribution in [0.1, 0.15) is 49.6 Å². The molecule has 3 aromatic rings. The number of carbonyl (C=O) groups excluding carboxylic acids is 2. The quantitative estimate of drug-likeness (QED) is 0.469. The van der Waals surface area contributed by atoms with E-state index < -0.39 is 11.6 Å². The van der Waals surface area contributed by atoms with E-state index in [0.717, 1.165) is 0 Å². The van der Waals surface area contributed by atoms with Crippen molar-refractivity contribution in [1.82, 2.24) is 19.7 Å². The summed E-state index contributed by atoms with van der Waals surface area (Å²) in [6.45, 7) is 8.15. The van der Waals surface area contributed by atoms with E-state index in [0.29, 0.717) is 33.7 Å². The first-order valence-electron chi connectivity index (χ1n) is 9.50.